The highest BCUT2D eigenvalue weighted by atomic mass is 35.5. The van der Waals surface area contributed by atoms with Crippen LogP contribution in [0.3, 0.4) is 0 Å². The van der Waals surface area contributed by atoms with E-state index in [-0.39, 0.29) is 39.5 Å². The number of nitrogens with zero attached hydrogens (tertiary/aromatic N) is 8. The quantitative estimate of drug-likeness (QED) is 0.281. The summed E-state index contributed by atoms with van der Waals surface area (Å²) in [4.78, 5) is 36.4. The maximum Gasteiger partial charge on any atom is 0.332 e. The minimum atomic E-state index is -1.65. The van der Waals surface area contributed by atoms with Crippen molar-refractivity contribution in [1.82, 2.24) is 33.3 Å². The van der Waals surface area contributed by atoms with Crippen molar-refractivity contribution >= 4 is 28.2 Å². The fourth-order valence-corrected chi connectivity index (χ4v) is 5.16. The van der Waals surface area contributed by atoms with E-state index < -0.39 is 35.2 Å². The Kier molecular flexibility index (Phi) is 6.42. The van der Waals surface area contributed by atoms with Crippen molar-refractivity contribution < 1.29 is 13.2 Å². The molecule has 0 saturated heterocycles. The summed E-state index contributed by atoms with van der Waals surface area (Å²) in [6, 6.07) is 9.79. The standard InChI is InChI=1S/C28H18ClF3N8O2/c1-14-10-34-26-24-22(8-21(40(14)26)17-5-15(9-33)3-4-18(17)29)38(11-16-6-19(30)25(32)20(31)7-16)28(42)39(27(24)41)12-23-35-13-37(2)36-23/h3-8,10,13H,11-12H2,1-2H3. The zero-order valence-electron chi connectivity index (χ0n) is 21.9. The van der Waals surface area contributed by atoms with Gasteiger partial charge in [-0.05, 0) is 48.9 Å². The lowest BCUT2D eigenvalue weighted by atomic mass is 10.1. The Morgan fingerprint density at radius 2 is 1.74 bits per heavy atom. The summed E-state index contributed by atoms with van der Waals surface area (Å²) in [5.41, 5.74) is 0.414. The van der Waals surface area contributed by atoms with Crippen molar-refractivity contribution in [2.45, 2.75) is 20.0 Å². The van der Waals surface area contributed by atoms with Gasteiger partial charge in [0.2, 0.25) is 0 Å². The Bertz CT molecular complexity index is 2220. The van der Waals surface area contributed by atoms with Crippen molar-refractivity contribution in [1.29, 1.82) is 5.26 Å². The van der Waals surface area contributed by atoms with Gasteiger partial charge in [-0.1, -0.05) is 11.6 Å². The molecule has 14 heteroatoms. The first-order valence-electron chi connectivity index (χ1n) is 12.4. The molecule has 0 radical (unpaired) electrons. The van der Waals surface area contributed by atoms with Gasteiger partial charge in [-0.25, -0.2) is 27.9 Å². The number of nitriles is 1. The van der Waals surface area contributed by atoms with Gasteiger partial charge >= 0.3 is 5.69 Å². The van der Waals surface area contributed by atoms with Crippen LogP contribution in [0.2, 0.25) is 5.02 Å². The topological polar surface area (TPSA) is 116 Å². The van der Waals surface area contributed by atoms with E-state index in [1.165, 1.54) is 23.3 Å². The molecule has 0 unspecified atom stereocenters. The van der Waals surface area contributed by atoms with Gasteiger partial charge < -0.3 is 0 Å². The van der Waals surface area contributed by atoms with E-state index in [2.05, 4.69) is 21.1 Å². The molecule has 6 aromatic rings. The number of hydrogen-bond acceptors (Lipinski definition) is 6. The van der Waals surface area contributed by atoms with Gasteiger partial charge in [0, 0.05) is 29.5 Å². The molecule has 0 fully saturated rings. The highest BCUT2D eigenvalue weighted by molar-refractivity contribution is 6.33. The number of hydrogen-bond donors (Lipinski definition) is 0. The maximum atomic E-state index is 14.2. The second-order valence-electron chi connectivity index (χ2n) is 9.62. The van der Waals surface area contributed by atoms with E-state index in [9.17, 15) is 28.0 Å². The van der Waals surface area contributed by atoms with Crippen molar-refractivity contribution in [3.05, 3.63) is 115 Å². The first-order valence-corrected chi connectivity index (χ1v) is 12.8. The van der Waals surface area contributed by atoms with Crippen molar-refractivity contribution in [2.75, 3.05) is 0 Å². The summed E-state index contributed by atoms with van der Waals surface area (Å²) in [5.74, 6) is -4.33. The van der Waals surface area contributed by atoms with E-state index in [1.54, 1.807) is 36.6 Å². The van der Waals surface area contributed by atoms with Gasteiger partial charge in [0.05, 0.1) is 35.9 Å². The molecule has 0 bridgehead atoms. The number of aromatic nitrogens is 7. The smallest absolute Gasteiger partial charge is 0.296 e. The summed E-state index contributed by atoms with van der Waals surface area (Å²) in [5, 5.41) is 14.0. The van der Waals surface area contributed by atoms with Crippen molar-refractivity contribution in [2.24, 2.45) is 7.05 Å². The molecule has 4 heterocycles. The lowest BCUT2D eigenvalue weighted by Gasteiger charge is -2.17. The predicted octanol–water partition coefficient (Wildman–Crippen LogP) is 3.95. The van der Waals surface area contributed by atoms with E-state index in [0.29, 0.717) is 22.5 Å². The Hall–Kier alpha value is -5.22. The molecule has 6 rings (SSSR count). The molecule has 0 aliphatic rings. The molecule has 0 N–H and O–H groups in total. The summed E-state index contributed by atoms with van der Waals surface area (Å²) < 4.78 is 47.2. The Balaban J connectivity index is 1.73. The van der Waals surface area contributed by atoms with Crippen LogP contribution in [-0.2, 0) is 20.1 Å². The molecule has 2 aromatic carbocycles. The number of rotatable bonds is 5. The average Bonchev–Trinajstić information content (AvgIpc) is 3.56. The number of benzene rings is 2. The first kappa shape index (κ1) is 27.0. The zero-order chi connectivity index (χ0) is 29.9. The van der Waals surface area contributed by atoms with Crippen LogP contribution in [-0.4, -0.2) is 33.3 Å². The second kappa shape index (κ2) is 10.0. The number of pyridine rings is 1. The maximum absolute atomic E-state index is 14.2. The molecule has 0 amide bonds. The fourth-order valence-electron chi connectivity index (χ4n) is 4.95. The van der Waals surface area contributed by atoms with Gasteiger partial charge in [0.15, 0.2) is 28.9 Å². The summed E-state index contributed by atoms with van der Waals surface area (Å²) in [6.07, 6.45) is 2.94. The highest BCUT2D eigenvalue weighted by Gasteiger charge is 2.23. The summed E-state index contributed by atoms with van der Waals surface area (Å²) >= 11 is 6.55. The first-order chi connectivity index (χ1) is 20.1. The van der Waals surface area contributed by atoms with Crippen LogP contribution in [0.15, 0.2) is 58.5 Å². The van der Waals surface area contributed by atoms with Crippen LogP contribution in [0.4, 0.5) is 13.2 Å². The van der Waals surface area contributed by atoms with Crippen LogP contribution in [0, 0.1) is 35.7 Å². The van der Waals surface area contributed by atoms with Gasteiger partial charge in [-0.15, -0.1) is 0 Å². The minimum Gasteiger partial charge on any atom is -0.296 e. The summed E-state index contributed by atoms with van der Waals surface area (Å²) in [6.45, 7) is 1.03. The predicted molar refractivity (Wildman–Crippen MR) is 147 cm³/mol. The fraction of sp³-hybridized carbons (Fsp3) is 0.143. The van der Waals surface area contributed by atoms with Crippen LogP contribution >= 0.6 is 11.6 Å². The van der Waals surface area contributed by atoms with E-state index in [4.69, 9.17) is 11.6 Å². The molecule has 0 spiro atoms. The van der Waals surface area contributed by atoms with E-state index in [0.717, 1.165) is 21.3 Å². The largest absolute Gasteiger partial charge is 0.332 e. The summed E-state index contributed by atoms with van der Waals surface area (Å²) in [7, 11) is 1.63. The van der Waals surface area contributed by atoms with Crippen LogP contribution < -0.4 is 11.2 Å². The third-order valence-corrected chi connectivity index (χ3v) is 7.18. The Morgan fingerprint density at radius 1 is 1.00 bits per heavy atom. The molecular weight excluding hydrogens is 573 g/mol. The molecule has 4 aromatic heterocycles. The zero-order valence-corrected chi connectivity index (χ0v) is 22.7. The molecular formula is C28H18ClF3N8O2. The van der Waals surface area contributed by atoms with Crippen LogP contribution in [0.25, 0.3) is 27.8 Å². The van der Waals surface area contributed by atoms with Gasteiger partial charge in [0.1, 0.15) is 11.7 Å². The Morgan fingerprint density at radius 3 is 2.40 bits per heavy atom. The average molecular weight is 591 g/mol. The third kappa shape index (κ3) is 4.33. The molecule has 0 atom stereocenters. The Labute approximate surface area is 239 Å². The molecule has 0 aliphatic carbocycles. The number of aryl methyl sites for hydroxylation is 2. The second-order valence-corrected chi connectivity index (χ2v) is 10.0. The van der Waals surface area contributed by atoms with Gasteiger partial charge in [0.25, 0.3) is 5.56 Å². The van der Waals surface area contributed by atoms with E-state index >= 15 is 0 Å². The van der Waals surface area contributed by atoms with Crippen molar-refractivity contribution in [3.63, 3.8) is 0 Å². The van der Waals surface area contributed by atoms with Gasteiger partial charge in [-0.3, -0.25) is 23.0 Å². The van der Waals surface area contributed by atoms with E-state index in [1.807, 2.05) is 0 Å². The lowest BCUT2D eigenvalue weighted by molar-refractivity contribution is 0.444. The van der Waals surface area contributed by atoms with Crippen molar-refractivity contribution in [3.8, 4) is 17.3 Å². The molecule has 0 saturated carbocycles. The molecule has 42 heavy (non-hydrogen) atoms. The molecule has 210 valence electrons. The highest BCUT2D eigenvalue weighted by Crippen LogP contribution is 2.33. The monoisotopic (exact) mass is 590 g/mol. The molecule has 0 aliphatic heterocycles. The van der Waals surface area contributed by atoms with Gasteiger partial charge in [-0.2, -0.15) is 10.4 Å². The normalized spacial score (nSPS) is 11.5. The SMILES string of the molecule is Cc1cnc2c3c(=O)n(Cc4ncn(C)n4)c(=O)n(Cc4cc(F)c(F)c(F)c4)c3cc(-c3cc(C#N)ccc3Cl)n12. The number of halogens is 4. The third-order valence-electron chi connectivity index (χ3n) is 6.85. The van der Waals surface area contributed by atoms with Crippen LogP contribution in [0.1, 0.15) is 22.6 Å². The molecule has 10 nitrogen and oxygen atoms in total. The number of fused-ring (bicyclic) bond motifs is 3. The van der Waals surface area contributed by atoms with Crippen LogP contribution in [0.5, 0.6) is 0 Å². The lowest BCUT2D eigenvalue weighted by Crippen LogP contribution is -2.41. The number of imidazole rings is 1. The minimum absolute atomic E-state index is 0.0259.